The Morgan fingerprint density at radius 3 is 2.29 bits per heavy atom. The van der Waals surface area contributed by atoms with E-state index in [1.165, 1.54) is 11.5 Å². The van der Waals surface area contributed by atoms with Crippen LogP contribution in [0.5, 0.6) is 0 Å². The summed E-state index contributed by atoms with van der Waals surface area (Å²) in [5.74, 6) is 2.39. The molecule has 4 heteroatoms. The van der Waals surface area contributed by atoms with Gasteiger partial charge in [-0.05, 0) is 0 Å². The molecule has 0 unspecified atom stereocenters. The molecule has 2 rings (SSSR count). The summed E-state index contributed by atoms with van der Waals surface area (Å²) in [5, 5.41) is 0. The molecule has 1 aromatic rings. The van der Waals surface area contributed by atoms with Crippen molar-refractivity contribution in [3.05, 3.63) is 30.3 Å². The van der Waals surface area contributed by atoms with Gasteiger partial charge in [-0.25, -0.2) is 0 Å². The van der Waals surface area contributed by atoms with E-state index in [0.717, 1.165) is 13.2 Å². The molecule has 76 valence electrons. The van der Waals surface area contributed by atoms with E-state index in [4.69, 9.17) is 4.74 Å². The van der Waals surface area contributed by atoms with Gasteiger partial charge in [-0.3, -0.25) is 0 Å². The Morgan fingerprint density at radius 2 is 1.64 bits per heavy atom. The van der Waals surface area contributed by atoms with Crippen molar-refractivity contribution < 1.29 is 4.74 Å². The van der Waals surface area contributed by atoms with Crippen LogP contribution in [-0.4, -0.2) is 43.5 Å². The van der Waals surface area contributed by atoms with E-state index in [-0.39, 0.29) is 0 Å². The number of benzene rings is 1. The molecular formula is C10H13BiOS2. The van der Waals surface area contributed by atoms with Gasteiger partial charge in [0.1, 0.15) is 0 Å². The molecule has 0 N–H and O–H groups in total. The molecule has 1 heterocycles. The molecule has 0 atom stereocenters. The first kappa shape index (κ1) is 11.3. The molecule has 1 aromatic carbocycles. The van der Waals surface area contributed by atoms with Crippen LogP contribution in [0, 0.1) is 0 Å². The van der Waals surface area contributed by atoms with E-state index in [0.29, 0.717) is 0 Å². The fraction of sp³-hybridized carbons (Fsp3) is 0.400. The first-order chi connectivity index (χ1) is 6.97. The molecule has 0 aromatic heterocycles. The second kappa shape index (κ2) is 6.37. The molecule has 1 fully saturated rings. The van der Waals surface area contributed by atoms with Gasteiger partial charge >= 0.3 is 98.9 Å². The second-order valence-corrected chi connectivity index (χ2v) is 22.7. The maximum absolute atomic E-state index is 5.45. The Hall–Kier alpha value is 0.763. The molecule has 0 spiro atoms. The van der Waals surface area contributed by atoms with Crippen molar-refractivity contribution in [3.63, 3.8) is 0 Å². The molecule has 1 saturated heterocycles. The van der Waals surface area contributed by atoms with Crippen LogP contribution in [-0.2, 0) is 4.74 Å². The fourth-order valence-electron chi connectivity index (χ4n) is 1.20. The summed E-state index contributed by atoms with van der Waals surface area (Å²) in [5.41, 5.74) is 0. The third kappa shape index (κ3) is 3.41. The number of hydrogen-bond acceptors (Lipinski definition) is 3. The van der Waals surface area contributed by atoms with Crippen LogP contribution < -0.4 is 3.27 Å². The van der Waals surface area contributed by atoms with E-state index >= 15 is 0 Å². The summed E-state index contributed by atoms with van der Waals surface area (Å²) < 4.78 is 7.09. The van der Waals surface area contributed by atoms with Crippen LogP contribution in [0.3, 0.4) is 0 Å². The first-order valence-corrected chi connectivity index (χ1v) is 16.8. The minimum atomic E-state index is -1.46. The van der Waals surface area contributed by atoms with Gasteiger partial charge in [-0.1, -0.05) is 0 Å². The van der Waals surface area contributed by atoms with Gasteiger partial charge < -0.3 is 0 Å². The van der Waals surface area contributed by atoms with Crippen molar-refractivity contribution in [2.24, 2.45) is 0 Å². The van der Waals surface area contributed by atoms with Crippen LogP contribution in [0.1, 0.15) is 0 Å². The zero-order valence-electron chi connectivity index (χ0n) is 7.89. The summed E-state index contributed by atoms with van der Waals surface area (Å²) >= 11 is -1.46. The van der Waals surface area contributed by atoms with E-state index in [2.05, 4.69) is 47.4 Å². The van der Waals surface area contributed by atoms with Crippen molar-refractivity contribution >= 4 is 39.1 Å². The van der Waals surface area contributed by atoms with E-state index in [9.17, 15) is 0 Å². The number of hydrogen-bond donors (Lipinski definition) is 0. The average Bonchev–Trinajstić information content (AvgIpc) is 2.18. The van der Waals surface area contributed by atoms with Gasteiger partial charge in [-0.15, -0.1) is 0 Å². The summed E-state index contributed by atoms with van der Waals surface area (Å²) in [6.07, 6.45) is 0. The normalized spacial score (nSPS) is 20.0. The fourth-order valence-corrected chi connectivity index (χ4v) is 21.9. The van der Waals surface area contributed by atoms with Crippen molar-refractivity contribution in [2.75, 3.05) is 24.7 Å². The first-order valence-electron chi connectivity index (χ1n) is 4.65. The molecule has 0 radical (unpaired) electrons. The van der Waals surface area contributed by atoms with Gasteiger partial charge in [0.15, 0.2) is 0 Å². The predicted octanol–water partition coefficient (Wildman–Crippen LogP) is 1.88. The maximum atomic E-state index is 5.45. The van der Waals surface area contributed by atoms with Gasteiger partial charge in [-0.2, -0.15) is 0 Å². The van der Waals surface area contributed by atoms with Crippen LogP contribution in [0.2, 0.25) is 0 Å². The van der Waals surface area contributed by atoms with Gasteiger partial charge in [0.05, 0.1) is 0 Å². The SMILES string of the molecule is c1cc[c]([Bi]2[S]CCOCC[S]2)cc1. The van der Waals surface area contributed by atoms with Gasteiger partial charge in [0.2, 0.25) is 0 Å². The topological polar surface area (TPSA) is 9.23 Å². The number of rotatable bonds is 1. The van der Waals surface area contributed by atoms with Crippen LogP contribution >= 0.6 is 17.0 Å². The number of ether oxygens (including phenoxy) is 1. The van der Waals surface area contributed by atoms with Crippen LogP contribution in [0.25, 0.3) is 0 Å². The summed E-state index contributed by atoms with van der Waals surface area (Å²) in [6.45, 7) is 1.90. The third-order valence-corrected chi connectivity index (χ3v) is 24.8. The Balaban J connectivity index is 2.01. The predicted molar refractivity (Wildman–Crippen MR) is 67.6 cm³/mol. The van der Waals surface area contributed by atoms with E-state index in [1.807, 2.05) is 0 Å². The zero-order chi connectivity index (χ0) is 9.64. The molecule has 0 aliphatic carbocycles. The molecular weight excluding hydrogens is 409 g/mol. The van der Waals surface area contributed by atoms with Crippen molar-refractivity contribution in [3.8, 4) is 0 Å². The third-order valence-electron chi connectivity index (χ3n) is 1.84. The Labute approximate surface area is 98.2 Å². The van der Waals surface area contributed by atoms with Gasteiger partial charge in [0, 0.05) is 0 Å². The molecule has 1 aliphatic rings. The Morgan fingerprint density at radius 1 is 1.00 bits per heavy atom. The van der Waals surface area contributed by atoms with Gasteiger partial charge in [0.25, 0.3) is 0 Å². The molecule has 0 amide bonds. The molecule has 1 nitrogen and oxygen atoms in total. The summed E-state index contributed by atoms with van der Waals surface area (Å²) in [6, 6.07) is 11.1. The zero-order valence-corrected chi connectivity index (χ0v) is 13.0. The standard InChI is InChI=1S/C6H5.C4H10OS2.Bi/c1-2-4-6-5-3-1;6-3-1-5-2-4-7;/h1-5H;6-7H,1-4H2;/q;;+2/p-2. The summed E-state index contributed by atoms with van der Waals surface area (Å²) in [4.78, 5) is 0. The van der Waals surface area contributed by atoms with Crippen molar-refractivity contribution in [1.82, 2.24) is 0 Å². The monoisotopic (exact) mass is 422 g/mol. The molecule has 14 heavy (non-hydrogen) atoms. The summed E-state index contributed by atoms with van der Waals surface area (Å²) in [7, 11) is 4.38. The molecule has 0 bridgehead atoms. The second-order valence-electron chi connectivity index (χ2n) is 2.87. The molecule has 0 saturated carbocycles. The minimum absolute atomic E-state index is 0.948. The average molecular weight is 422 g/mol. The Kier molecular flexibility index (Phi) is 5.12. The van der Waals surface area contributed by atoms with Crippen LogP contribution in [0.4, 0.5) is 0 Å². The quantitative estimate of drug-likeness (QED) is 0.640. The van der Waals surface area contributed by atoms with E-state index in [1.54, 1.807) is 3.27 Å². The van der Waals surface area contributed by atoms with Crippen molar-refractivity contribution in [2.45, 2.75) is 0 Å². The Bertz CT molecular complexity index is 260. The van der Waals surface area contributed by atoms with Crippen LogP contribution in [0.15, 0.2) is 30.3 Å². The molecule has 1 aliphatic heterocycles. The van der Waals surface area contributed by atoms with Crippen molar-refractivity contribution in [1.29, 1.82) is 0 Å². The van der Waals surface area contributed by atoms with E-state index < -0.39 is 18.8 Å².